The van der Waals surface area contributed by atoms with E-state index in [1.165, 1.54) is 0 Å². The van der Waals surface area contributed by atoms with Gasteiger partial charge in [-0.15, -0.1) is 0 Å². The van der Waals surface area contributed by atoms with E-state index in [9.17, 15) is 4.79 Å². The van der Waals surface area contributed by atoms with Gasteiger partial charge in [0.15, 0.2) is 5.43 Å². The highest BCUT2D eigenvalue weighted by Gasteiger charge is 2.09. The molecule has 23 heavy (non-hydrogen) atoms. The summed E-state index contributed by atoms with van der Waals surface area (Å²) >= 11 is 0. The Morgan fingerprint density at radius 1 is 1.09 bits per heavy atom. The summed E-state index contributed by atoms with van der Waals surface area (Å²) in [5.74, 6) is 0.858. The van der Waals surface area contributed by atoms with Crippen LogP contribution in [0.15, 0.2) is 59.5 Å². The average Bonchev–Trinajstić information content (AvgIpc) is 2.59. The Morgan fingerprint density at radius 3 is 2.70 bits per heavy atom. The lowest BCUT2D eigenvalue weighted by atomic mass is 10.0. The van der Waals surface area contributed by atoms with E-state index < -0.39 is 0 Å². The second-order valence-corrected chi connectivity index (χ2v) is 5.73. The number of aryl methyl sites for hydroxylation is 1. The van der Waals surface area contributed by atoms with Crippen molar-refractivity contribution in [1.82, 2.24) is 4.98 Å². The largest absolute Gasteiger partial charge is 0.489 e. The van der Waals surface area contributed by atoms with Crippen LogP contribution in [-0.4, -0.2) is 4.98 Å². The minimum absolute atomic E-state index is 0.0473. The lowest BCUT2D eigenvalue weighted by Crippen LogP contribution is -2.04. The van der Waals surface area contributed by atoms with Gasteiger partial charge >= 0.3 is 0 Å². The molecule has 0 spiro atoms. The number of hydrogen-bond acceptors (Lipinski definition) is 2. The number of nitrogens with one attached hydrogen (secondary N) is 1. The number of benzene rings is 2. The maximum Gasteiger partial charge on any atom is 0.189 e. The highest BCUT2D eigenvalue weighted by Crippen LogP contribution is 2.26. The minimum Gasteiger partial charge on any atom is -0.489 e. The number of fused-ring (bicyclic) bond motifs is 1. The molecule has 0 aliphatic carbocycles. The summed E-state index contributed by atoms with van der Waals surface area (Å²) in [6.45, 7) is 2.70. The van der Waals surface area contributed by atoms with Crippen LogP contribution >= 0.6 is 0 Å². The molecule has 0 saturated heterocycles. The van der Waals surface area contributed by atoms with Gasteiger partial charge in [-0.05, 0) is 30.0 Å². The molecule has 0 amide bonds. The lowest BCUT2D eigenvalue weighted by molar-refractivity contribution is 0.303. The number of unbranched alkanes of at least 4 members (excludes halogenated alkanes) is 1. The van der Waals surface area contributed by atoms with Crippen molar-refractivity contribution in [3.8, 4) is 5.75 Å². The summed E-state index contributed by atoms with van der Waals surface area (Å²) in [5, 5.41) is 0.727. The standard InChI is InChI=1S/C20H21NO2/c1-2-3-9-16-12-17-18(21-11-10-19(17)22)13-20(16)23-14-15-7-5-4-6-8-15/h4-8,10-13H,2-3,9,14H2,1H3,(H,21,22). The van der Waals surface area contributed by atoms with E-state index in [1.807, 2.05) is 30.3 Å². The van der Waals surface area contributed by atoms with Crippen molar-refractivity contribution < 1.29 is 4.74 Å². The Balaban J connectivity index is 1.94. The minimum atomic E-state index is 0.0473. The van der Waals surface area contributed by atoms with Crippen LogP contribution in [-0.2, 0) is 13.0 Å². The molecule has 1 N–H and O–H groups in total. The van der Waals surface area contributed by atoms with Gasteiger partial charge in [-0.3, -0.25) is 4.79 Å². The van der Waals surface area contributed by atoms with Crippen molar-refractivity contribution in [2.75, 3.05) is 0 Å². The van der Waals surface area contributed by atoms with E-state index in [2.05, 4.69) is 24.0 Å². The highest BCUT2D eigenvalue weighted by molar-refractivity contribution is 5.81. The van der Waals surface area contributed by atoms with Crippen molar-refractivity contribution in [3.63, 3.8) is 0 Å². The first kappa shape index (κ1) is 15.3. The fraction of sp³-hybridized carbons (Fsp3) is 0.250. The van der Waals surface area contributed by atoms with Crippen molar-refractivity contribution in [2.24, 2.45) is 0 Å². The van der Waals surface area contributed by atoms with Crippen LogP contribution in [0.1, 0.15) is 30.9 Å². The number of pyridine rings is 1. The van der Waals surface area contributed by atoms with Crippen molar-refractivity contribution in [2.45, 2.75) is 32.8 Å². The smallest absolute Gasteiger partial charge is 0.189 e. The molecule has 0 unspecified atom stereocenters. The molecule has 3 heteroatoms. The quantitative estimate of drug-likeness (QED) is 0.731. The predicted octanol–water partition coefficient (Wildman–Crippen LogP) is 4.45. The van der Waals surface area contributed by atoms with E-state index in [-0.39, 0.29) is 5.43 Å². The third-order valence-electron chi connectivity index (χ3n) is 3.98. The Hall–Kier alpha value is -2.55. The van der Waals surface area contributed by atoms with E-state index in [4.69, 9.17) is 4.74 Å². The van der Waals surface area contributed by atoms with Crippen LogP contribution in [0.25, 0.3) is 10.9 Å². The molecule has 1 aromatic heterocycles. The van der Waals surface area contributed by atoms with Crippen molar-refractivity contribution >= 4 is 10.9 Å². The Kier molecular flexibility index (Phi) is 4.77. The molecule has 0 saturated carbocycles. The summed E-state index contributed by atoms with van der Waals surface area (Å²) in [6, 6.07) is 15.6. The molecule has 3 rings (SSSR count). The SMILES string of the molecule is CCCCc1cc2c(=O)cc[nH]c2cc1OCc1ccccc1. The third-order valence-corrected chi connectivity index (χ3v) is 3.98. The molecule has 0 radical (unpaired) electrons. The number of aromatic nitrogens is 1. The molecular weight excluding hydrogens is 286 g/mol. The fourth-order valence-electron chi connectivity index (χ4n) is 2.68. The zero-order valence-electron chi connectivity index (χ0n) is 13.3. The van der Waals surface area contributed by atoms with Gasteiger partial charge in [0.1, 0.15) is 12.4 Å². The van der Waals surface area contributed by atoms with Gasteiger partial charge in [0.25, 0.3) is 0 Å². The molecule has 3 aromatic rings. The maximum atomic E-state index is 12.0. The molecule has 118 valence electrons. The third kappa shape index (κ3) is 3.62. The second kappa shape index (κ2) is 7.14. The molecule has 0 atom stereocenters. The Bertz CT molecular complexity index is 837. The molecule has 1 heterocycles. The van der Waals surface area contributed by atoms with Crippen LogP contribution < -0.4 is 10.2 Å². The zero-order valence-corrected chi connectivity index (χ0v) is 13.3. The number of aromatic amines is 1. The highest BCUT2D eigenvalue weighted by atomic mass is 16.5. The first-order valence-electron chi connectivity index (χ1n) is 8.09. The summed E-state index contributed by atoms with van der Waals surface area (Å²) in [4.78, 5) is 15.2. The van der Waals surface area contributed by atoms with E-state index in [0.29, 0.717) is 6.61 Å². The summed E-state index contributed by atoms with van der Waals surface area (Å²) in [7, 11) is 0. The molecule has 0 aliphatic rings. The van der Waals surface area contributed by atoms with Gasteiger partial charge in [0.2, 0.25) is 0 Å². The average molecular weight is 307 g/mol. The van der Waals surface area contributed by atoms with E-state index in [0.717, 1.165) is 47.0 Å². The number of H-pyrrole nitrogens is 1. The van der Waals surface area contributed by atoms with Gasteiger partial charge in [0, 0.05) is 23.7 Å². The number of ether oxygens (including phenoxy) is 1. The zero-order chi connectivity index (χ0) is 16.1. The molecule has 0 bridgehead atoms. The normalized spacial score (nSPS) is 10.8. The van der Waals surface area contributed by atoms with Crippen molar-refractivity contribution in [1.29, 1.82) is 0 Å². The number of hydrogen-bond donors (Lipinski definition) is 1. The molecule has 2 aromatic carbocycles. The fourth-order valence-corrected chi connectivity index (χ4v) is 2.68. The van der Waals surface area contributed by atoms with Gasteiger partial charge in [-0.2, -0.15) is 0 Å². The van der Waals surface area contributed by atoms with Crippen LogP contribution in [0.2, 0.25) is 0 Å². The van der Waals surface area contributed by atoms with Crippen LogP contribution in [0.3, 0.4) is 0 Å². The maximum absolute atomic E-state index is 12.0. The van der Waals surface area contributed by atoms with Gasteiger partial charge in [-0.1, -0.05) is 43.7 Å². The van der Waals surface area contributed by atoms with E-state index >= 15 is 0 Å². The monoisotopic (exact) mass is 307 g/mol. The molecule has 0 aliphatic heterocycles. The van der Waals surface area contributed by atoms with Gasteiger partial charge in [-0.25, -0.2) is 0 Å². The topological polar surface area (TPSA) is 42.1 Å². The first-order valence-corrected chi connectivity index (χ1v) is 8.09. The lowest BCUT2D eigenvalue weighted by Gasteiger charge is -2.13. The van der Waals surface area contributed by atoms with Gasteiger partial charge < -0.3 is 9.72 Å². The Morgan fingerprint density at radius 2 is 1.91 bits per heavy atom. The molecule has 0 fully saturated rings. The first-order chi connectivity index (χ1) is 11.3. The summed E-state index contributed by atoms with van der Waals surface area (Å²) in [5.41, 5.74) is 3.11. The van der Waals surface area contributed by atoms with E-state index in [1.54, 1.807) is 12.3 Å². The molecule has 3 nitrogen and oxygen atoms in total. The van der Waals surface area contributed by atoms with Gasteiger partial charge in [0.05, 0.1) is 5.52 Å². The number of rotatable bonds is 6. The Labute approximate surface area is 135 Å². The predicted molar refractivity (Wildman–Crippen MR) is 94.0 cm³/mol. The molecular formula is C20H21NO2. The van der Waals surface area contributed by atoms with Crippen LogP contribution in [0, 0.1) is 0 Å². The van der Waals surface area contributed by atoms with Crippen LogP contribution in [0.4, 0.5) is 0 Å². The van der Waals surface area contributed by atoms with Crippen molar-refractivity contribution in [3.05, 3.63) is 76.1 Å². The second-order valence-electron chi connectivity index (χ2n) is 5.73. The summed E-state index contributed by atoms with van der Waals surface area (Å²) in [6.07, 6.45) is 4.79. The van der Waals surface area contributed by atoms with Crippen LogP contribution in [0.5, 0.6) is 5.75 Å². The summed E-state index contributed by atoms with van der Waals surface area (Å²) < 4.78 is 6.05.